The van der Waals surface area contributed by atoms with Crippen molar-refractivity contribution in [1.82, 2.24) is 10.3 Å². The summed E-state index contributed by atoms with van der Waals surface area (Å²) in [6, 6.07) is 3.23. The predicted octanol–water partition coefficient (Wildman–Crippen LogP) is 1.84. The molecule has 0 aromatic carbocycles. The molecule has 1 aromatic heterocycles. The van der Waals surface area contributed by atoms with Crippen LogP contribution in [0.2, 0.25) is 5.02 Å². The van der Waals surface area contributed by atoms with Crippen LogP contribution in [-0.2, 0) is 0 Å². The molecule has 0 aliphatic heterocycles. The summed E-state index contributed by atoms with van der Waals surface area (Å²) < 4.78 is 0. The van der Waals surface area contributed by atoms with Crippen molar-refractivity contribution >= 4 is 17.5 Å². The molecule has 0 aliphatic carbocycles. The van der Waals surface area contributed by atoms with Gasteiger partial charge in [0, 0.05) is 12.7 Å². The molecule has 0 radical (unpaired) electrons. The van der Waals surface area contributed by atoms with Crippen LogP contribution in [0.3, 0.4) is 0 Å². The average molecular weight is 256 g/mol. The Labute approximate surface area is 107 Å². The Kier molecular flexibility index (Phi) is 4.48. The summed E-state index contributed by atoms with van der Waals surface area (Å²) in [7, 11) is 0. The van der Waals surface area contributed by atoms with Crippen molar-refractivity contribution in [3.05, 3.63) is 29.0 Å². The lowest BCUT2D eigenvalue weighted by atomic mass is 9.88. The third kappa shape index (κ3) is 3.41. The molecule has 0 spiro atoms. The number of amides is 1. The Balaban J connectivity index is 2.81. The highest BCUT2D eigenvalue weighted by Crippen LogP contribution is 2.15. The van der Waals surface area contributed by atoms with Crippen LogP contribution in [0.25, 0.3) is 0 Å². The number of nitrogens with one attached hydrogen (secondary N) is 1. The highest BCUT2D eigenvalue weighted by atomic mass is 35.5. The van der Waals surface area contributed by atoms with E-state index < -0.39 is 5.54 Å². The molecule has 1 amide bonds. The molecule has 1 aromatic rings. The zero-order chi connectivity index (χ0) is 13.1. The van der Waals surface area contributed by atoms with Crippen molar-refractivity contribution in [3.63, 3.8) is 0 Å². The SMILES string of the molecule is CC(C)C(C)(CN)NC(=O)c1ccc(Cl)cn1. The van der Waals surface area contributed by atoms with E-state index in [9.17, 15) is 4.79 Å². The molecule has 94 valence electrons. The van der Waals surface area contributed by atoms with Gasteiger partial charge < -0.3 is 11.1 Å². The molecule has 17 heavy (non-hydrogen) atoms. The number of aromatic nitrogens is 1. The zero-order valence-electron chi connectivity index (χ0n) is 10.3. The molecule has 1 unspecified atom stereocenters. The molecule has 4 nitrogen and oxygen atoms in total. The number of halogens is 1. The van der Waals surface area contributed by atoms with Crippen LogP contribution in [0, 0.1) is 5.92 Å². The molecule has 0 bridgehead atoms. The van der Waals surface area contributed by atoms with Gasteiger partial charge >= 0.3 is 0 Å². The Bertz CT molecular complexity index is 391. The largest absolute Gasteiger partial charge is 0.344 e. The lowest BCUT2D eigenvalue weighted by molar-refractivity contribution is 0.0878. The molecule has 1 atom stereocenters. The van der Waals surface area contributed by atoms with Gasteiger partial charge in [0.05, 0.1) is 10.6 Å². The summed E-state index contributed by atoms with van der Waals surface area (Å²) in [5, 5.41) is 3.42. The first-order valence-corrected chi connectivity index (χ1v) is 5.91. The van der Waals surface area contributed by atoms with Gasteiger partial charge in [-0.25, -0.2) is 4.98 Å². The Morgan fingerprint density at radius 3 is 2.65 bits per heavy atom. The van der Waals surface area contributed by atoms with Crippen LogP contribution in [0.1, 0.15) is 31.3 Å². The highest BCUT2D eigenvalue weighted by Gasteiger charge is 2.29. The van der Waals surface area contributed by atoms with Gasteiger partial charge in [0.2, 0.25) is 0 Å². The maximum absolute atomic E-state index is 12.0. The first kappa shape index (κ1) is 13.9. The summed E-state index contributed by atoms with van der Waals surface area (Å²) >= 11 is 5.71. The topological polar surface area (TPSA) is 68.0 Å². The number of pyridine rings is 1. The normalized spacial score (nSPS) is 14.5. The van der Waals surface area contributed by atoms with Gasteiger partial charge in [-0.1, -0.05) is 25.4 Å². The van der Waals surface area contributed by atoms with Crippen molar-refractivity contribution in [2.45, 2.75) is 26.3 Å². The van der Waals surface area contributed by atoms with Gasteiger partial charge in [-0.3, -0.25) is 4.79 Å². The zero-order valence-corrected chi connectivity index (χ0v) is 11.1. The molecule has 0 aliphatic rings. The van der Waals surface area contributed by atoms with Crippen molar-refractivity contribution in [2.75, 3.05) is 6.54 Å². The minimum atomic E-state index is -0.432. The van der Waals surface area contributed by atoms with E-state index in [1.54, 1.807) is 12.1 Å². The van der Waals surface area contributed by atoms with Gasteiger partial charge in [0.15, 0.2) is 0 Å². The molecule has 3 N–H and O–H groups in total. The summed E-state index contributed by atoms with van der Waals surface area (Å²) in [5.41, 5.74) is 5.61. The number of rotatable bonds is 4. The van der Waals surface area contributed by atoms with Crippen LogP contribution in [0.15, 0.2) is 18.3 Å². The van der Waals surface area contributed by atoms with Crippen molar-refractivity contribution < 1.29 is 4.79 Å². The molecule has 5 heteroatoms. The second-order valence-corrected chi connectivity index (χ2v) is 5.03. The van der Waals surface area contributed by atoms with E-state index in [0.29, 0.717) is 17.3 Å². The van der Waals surface area contributed by atoms with Crippen LogP contribution in [0.4, 0.5) is 0 Å². The number of hydrogen-bond donors (Lipinski definition) is 2. The molecular formula is C12H18ClN3O. The standard InChI is InChI=1S/C12H18ClN3O/c1-8(2)12(3,7-14)16-11(17)10-5-4-9(13)6-15-10/h4-6,8H,7,14H2,1-3H3,(H,16,17). The molecule has 0 saturated heterocycles. The van der Waals surface area contributed by atoms with Gasteiger partial charge in [0.25, 0.3) is 5.91 Å². The number of carbonyl (C=O) groups excluding carboxylic acids is 1. The first-order chi connectivity index (χ1) is 7.89. The smallest absolute Gasteiger partial charge is 0.270 e. The monoisotopic (exact) mass is 255 g/mol. The summed E-state index contributed by atoms with van der Waals surface area (Å²) in [5.74, 6) is 0.00654. The fraction of sp³-hybridized carbons (Fsp3) is 0.500. The van der Waals surface area contributed by atoms with E-state index in [2.05, 4.69) is 10.3 Å². The van der Waals surface area contributed by atoms with Crippen molar-refractivity contribution in [2.24, 2.45) is 11.7 Å². The third-order valence-electron chi connectivity index (χ3n) is 3.06. The van der Waals surface area contributed by atoms with E-state index >= 15 is 0 Å². The van der Waals surface area contributed by atoms with E-state index in [4.69, 9.17) is 17.3 Å². The number of carbonyl (C=O) groups is 1. The third-order valence-corrected chi connectivity index (χ3v) is 3.28. The summed E-state index contributed by atoms with van der Waals surface area (Å²) in [4.78, 5) is 15.9. The van der Waals surface area contributed by atoms with Crippen molar-refractivity contribution in [1.29, 1.82) is 0 Å². The first-order valence-electron chi connectivity index (χ1n) is 5.53. The minimum absolute atomic E-state index is 0.233. The second-order valence-electron chi connectivity index (χ2n) is 4.59. The highest BCUT2D eigenvalue weighted by molar-refractivity contribution is 6.30. The molecule has 0 fully saturated rings. The van der Waals surface area contributed by atoms with E-state index in [1.165, 1.54) is 6.20 Å². The lowest BCUT2D eigenvalue weighted by Gasteiger charge is -2.33. The summed E-state index contributed by atoms with van der Waals surface area (Å²) in [6.45, 7) is 6.33. The maximum atomic E-state index is 12.0. The maximum Gasteiger partial charge on any atom is 0.270 e. The Morgan fingerprint density at radius 2 is 2.24 bits per heavy atom. The van der Waals surface area contributed by atoms with Gasteiger partial charge in [-0.05, 0) is 25.0 Å². The van der Waals surface area contributed by atoms with Crippen LogP contribution >= 0.6 is 11.6 Å². The van der Waals surface area contributed by atoms with Crippen molar-refractivity contribution in [3.8, 4) is 0 Å². The molecule has 1 rings (SSSR count). The van der Waals surface area contributed by atoms with E-state index in [1.807, 2.05) is 20.8 Å². The molecular weight excluding hydrogens is 238 g/mol. The predicted molar refractivity (Wildman–Crippen MR) is 69.0 cm³/mol. The number of nitrogens with two attached hydrogens (primary N) is 1. The average Bonchev–Trinajstić information content (AvgIpc) is 2.29. The number of nitrogens with zero attached hydrogens (tertiary/aromatic N) is 1. The molecule has 0 saturated carbocycles. The van der Waals surface area contributed by atoms with Crippen LogP contribution < -0.4 is 11.1 Å². The fourth-order valence-electron chi connectivity index (χ4n) is 1.26. The summed E-state index contributed by atoms with van der Waals surface area (Å²) in [6.07, 6.45) is 1.45. The van der Waals surface area contributed by atoms with Crippen LogP contribution in [0.5, 0.6) is 0 Å². The fourth-order valence-corrected chi connectivity index (χ4v) is 1.38. The van der Waals surface area contributed by atoms with Crippen LogP contribution in [-0.4, -0.2) is 23.0 Å². The van der Waals surface area contributed by atoms with E-state index in [0.717, 1.165) is 0 Å². The Morgan fingerprint density at radius 1 is 1.59 bits per heavy atom. The van der Waals surface area contributed by atoms with Gasteiger partial charge in [-0.2, -0.15) is 0 Å². The minimum Gasteiger partial charge on any atom is -0.344 e. The molecule has 1 heterocycles. The van der Waals surface area contributed by atoms with Gasteiger partial charge in [-0.15, -0.1) is 0 Å². The quantitative estimate of drug-likeness (QED) is 0.863. The lowest BCUT2D eigenvalue weighted by Crippen LogP contribution is -2.55. The Hall–Kier alpha value is -1.13. The second kappa shape index (κ2) is 5.47. The van der Waals surface area contributed by atoms with Gasteiger partial charge in [0.1, 0.15) is 5.69 Å². The van der Waals surface area contributed by atoms with E-state index in [-0.39, 0.29) is 11.8 Å². The number of hydrogen-bond acceptors (Lipinski definition) is 3.